The van der Waals surface area contributed by atoms with Gasteiger partial charge in [0.15, 0.2) is 5.96 Å². The van der Waals surface area contributed by atoms with Crippen molar-refractivity contribution >= 4 is 17.6 Å². The Morgan fingerprint density at radius 2 is 1.59 bits per heavy atom. The van der Waals surface area contributed by atoms with Gasteiger partial charge in [-0.1, -0.05) is 72.3 Å². The Bertz CT molecular complexity index is 1040. The van der Waals surface area contributed by atoms with Crippen molar-refractivity contribution in [1.82, 2.24) is 10.2 Å². The summed E-state index contributed by atoms with van der Waals surface area (Å²) in [6.45, 7) is 4.92. The number of guanidine groups is 1. The van der Waals surface area contributed by atoms with Gasteiger partial charge in [0.25, 0.3) is 0 Å². The van der Waals surface area contributed by atoms with Gasteiger partial charge in [-0.3, -0.25) is 4.79 Å². The number of nitrogens with one attached hydrogen (secondary N) is 2. The van der Waals surface area contributed by atoms with Crippen molar-refractivity contribution in [1.29, 1.82) is 0 Å². The van der Waals surface area contributed by atoms with E-state index in [2.05, 4.69) is 66.1 Å². The molecule has 3 aromatic carbocycles. The number of nitrogens with zero attached hydrogens (tertiary/aromatic N) is 2. The van der Waals surface area contributed by atoms with E-state index >= 15 is 0 Å². The van der Waals surface area contributed by atoms with Gasteiger partial charge < -0.3 is 15.5 Å². The average Bonchev–Trinajstić information content (AvgIpc) is 3.22. The number of hydrogen-bond donors (Lipinski definition) is 2. The van der Waals surface area contributed by atoms with Crippen LogP contribution in [0.3, 0.4) is 0 Å². The summed E-state index contributed by atoms with van der Waals surface area (Å²) in [5.74, 6) is 0.999. The first kappa shape index (κ1) is 21.6. The normalized spacial score (nSPS) is 14.0. The zero-order chi connectivity index (χ0) is 22.2. The highest BCUT2D eigenvalue weighted by atomic mass is 16.2. The highest BCUT2D eigenvalue weighted by molar-refractivity contribution is 5.93. The predicted molar refractivity (Wildman–Crippen MR) is 130 cm³/mol. The number of aliphatic imine (C=N–C) groups is 1. The lowest BCUT2D eigenvalue weighted by Gasteiger charge is -2.15. The van der Waals surface area contributed by atoms with Crippen LogP contribution in [0.2, 0.25) is 0 Å². The number of anilines is 1. The van der Waals surface area contributed by atoms with E-state index in [-0.39, 0.29) is 5.91 Å². The third-order valence-corrected chi connectivity index (χ3v) is 5.60. The van der Waals surface area contributed by atoms with E-state index in [4.69, 9.17) is 4.99 Å². The highest BCUT2D eigenvalue weighted by Gasteiger charge is 2.19. The van der Waals surface area contributed by atoms with Crippen LogP contribution in [0.15, 0.2) is 83.9 Å². The second-order valence-electron chi connectivity index (χ2n) is 8.23. The molecule has 0 unspecified atom stereocenters. The van der Waals surface area contributed by atoms with Gasteiger partial charge in [0.1, 0.15) is 0 Å². The Labute approximate surface area is 190 Å². The number of benzene rings is 3. The number of amides is 1. The molecule has 5 heteroatoms. The summed E-state index contributed by atoms with van der Waals surface area (Å²) in [5.41, 5.74) is 5.74. The van der Waals surface area contributed by atoms with E-state index < -0.39 is 0 Å². The van der Waals surface area contributed by atoms with Gasteiger partial charge in [-0.05, 0) is 42.2 Å². The maximum absolute atomic E-state index is 11.8. The molecule has 0 spiro atoms. The molecule has 0 aliphatic carbocycles. The molecule has 1 aliphatic rings. The van der Waals surface area contributed by atoms with Crippen LogP contribution in [-0.2, 0) is 24.4 Å². The van der Waals surface area contributed by atoms with E-state index in [1.165, 1.54) is 11.1 Å². The van der Waals surface area contributed by atoms with Crippen LogP contribution in [0.1, 0.15) is 35.1 Å². The molecule has 2 N–H and O–H groups in total. The van der Waals surface area contributed by atoms with Crippen molar-refractivity contribution in [3.05, 3.63) is 101 Å². The molecule has 1 fully saturated rings. The molecule has 4 rings (SSSR count). The quantitative estimate of drug-likeness (QED) is 0.418. The molecule has 1 saturated heterocycles. The van der Waals surface area contributed by atoms with E-state index in [9.17, 15) is 4.79 Å². The predicted octanol–water partition coefficient (Wildman–Crippen LogP) is 4.88. The van der Waals surface area contributed by atoms with Gasteiger partial charge in [0.05, 0.1) is 6.54 Å². The Morgan fingerprint density at radius 1 is 0.906 bits per heavy atom. The molecule has 5 nitrogen and oxygen atoms in total. The second-order valence-corrected chi connectivity index (χ2v) is 8.23. The summed E-state index contributed by atoms with van der Waals surface area (Å²) in [7, 11) is 0. The van der Waals surface area contributed by atoms with Crippen LogP contribution in [0.25, 0.3) is 0 Å². The minimum Gasteiger partial charge on any atom is -0.352 e. The fourth-order valence-electron chi connectivity index (χ4n) is 3.70. The van der Waals surface area contributed by atoms with Crippen molar-refractivity contribution < 1.29 is 4.79 Å². The van der Waals surface area contributed by atoms with Crippen molar-refractivity contribution in [2.45, 2.75) is 39.4 Å². The van der Waals surface area contributed by atoms with E-state index in [0.29, 0.717) is 26.1 Å². The van der Waals surface area contributed by atoms with E-state index in [1.807, 2.05) is 35.2 Å². The first-order valence-corrected chi connectivity index (χ1v) is 11.2. The summed E-state index contributed by atoms with van der Waals surface area (Å²) < 4.78 is 0. The summed E-state index contributed by atoms with van der Waals surface area (Å²) >= 11 is 0. The molecule has 1 amide bonds. The number of carbonyl (C=O) groups is 1. The molecule has 164 valence electrons. The third-order valence-electron chi connectivity index (χ3n) is 5.60. The van der Waals surface area contributed by atoms with E-state index in [0.717, 1.165) is 35.7 Å². The lowest BCUT2D eigenvalue weighted by atomic mass is 10.1. The minimum atomic E-state index is 0.259. The van der Waals surface area contributed by atoms with Crippen LogP contribution >= 0.6 is 0 Å². The van der Waals surface area contributed by atoms with Crippen molar-refractivity contribution in [2.24, 2.45) is 4.99 Å². The van der Waals surface area contributed by atoms with Crippen LogP contribution in [0.4, 0.5) is 5.69 Å². The summed E-state index contributed by atoms with van der Waals surface area (Å²) in [5, 5.41) is 6.82. The number of hydrogen-bond acceptors (Lipinski definition) is 2. The van der Waals surface area contributed by atoms with E-state index in [1.54, 1.807) is 0 Å². The van der Waals surface area contributed by atoms with Gasteiger partial charge in [-0.25, -0.2) is 4.99 Å². The molecule has 0 saturated carbocycles. The number of aryl methyl sites for hydroxylation is 1. The van der Waals surface area contributed by atoms with Crippen LogP contribution < -0.4 is 10.6 Å². The standard InChI is InChI=1S/C27H30N4O/c1-21-9-11-22(12-10-21)18-28-27(30-25-6-3-2-4-7-25)29-19-23-13-15-24(16-14-23)20-31-17-5-8-26(31)32/h2-4,6-7,9-16H,5,8,17-20H2,1H3,(H2,28,29,30). The smallest absolute Gasteiger partial charge is 0.222 e. The lowest BCUT2D eigenvalue weighted by Crippen LogP contribution is -2.30. The Kier molecular flexibility index (Phi) is 7.18. The van der Waals surface area contributed by atoms with Crippen LogP contribution in [0, 0.1) is 6.92 Å². The van der Waals surface area contributed by atoms with Crippen molar-refractivity contribution in [3.8, 4) is 0 Å². The molecule has 0 aromatic heterocycles. The molecule has 0 bridgehead atoms. The van der Waals surface area contributed by atoms with Gasteiger partial charge in [-0.15, -0.1) is 0 Å². The maximum Gasteiger partial charge on any atom is 0.222 e. The molecule has 1 aliphatic heterocycles. The number of para-hydroxylation sites is 1. The van der Waals surface area contributed by atoms with Gasteiger partial charge in [-0.2, -0.15) is 0 Å². The topological polar surface area (TPSA) is 56.7 Å². The zero-order valence-electron chi connectivity index (χ0n) is 18.6. The largest absolute Gasteiger partial charge is 0.352 e. The number of carbonyl (C=O) groups excluding carboxylic acids is 1. The Balaban J connectivity index is 1.40. The Hall–Kier alpha value is -3.60. The fourth-order valence-corrected chi connectivity index (χ4v) is 3.70. The summed E-state index contributed by atoms with van der Waals surface area (Å²) in [6, 6.07) is 26.9. The molecule has 0 radical (unpaired) electrons. The third kappa shape index (κ3) is 6.20. The average molecular weight is 427 g/mol. The maximum atomic E-state index is 11.8. The molecular weight excluding hydrogens is 396 g/mol. The summed E-state index contributed by atoms with van der Waals surface area (Å²) in [4.78, 5) is 18.6. The first-order chi connectivity index (χ1) is 15.7. The summed E-state index contributed by atoms with van der Waals surface area (Å²) in [6.07, 6.45) is 1.65. The minimum absolute atomic E-state index is 0.259. The monoisotopic (exact) mass is 426 g/mol. The van der Waals surface area contributed by atoms with Gasteiger partial charge >= 0.3 is 0 Å². The van der Waals surface area contributed by atoms with Crippen LogP contribution in [0.5, 0.6) is 0 Å². The SMILES string of the molecule is Cc1ccc(CNC(=NCc2ccc(CN3CCCC3=O)cc2)Nc2ccccc2)cc1. The van der Waals surface area contributed by atoms with Crippen molar-refractivity contribution in [3.63, 3.8) is 0 Å². The van der Waals surface area contributed by atoms with Gasteiger partial charge in [0, 0.05) is 31.7 Å². The molecular formula is C27H30N4O. The highest BCUT2D eigenvalue weighted by Crippen LogP contribution is 2.15. The molecule has 3 aromatic rings. The van der Waals surface area contributed by atoms with Crippen LogP contribution in [-0.4, -0.2) is 23.3 Å². The first-order valence-electron chi connectivity index (χ1n) is 11.2. The number of rotatable bonds is 7. The second kappa shape index (κ2) is 10.6. The molecule has 32 heavy (non-hydrogen) atoms. The zero-order valence-corrected chi connectivity index (χ0v) is 18.6. The van der Waals surface area contributed by atoms with Crippen molar-refractivity contribution in [2.75, 3.05) is 11.9 Å². The molecule has 0 atom stereocenters. The molecule has 1 heterocycles. The Morgan fingerprint density at radius 3 is 2.28 bits per heavy atom. The number of likely N-dealkylation sites (tertiary alicyclic amines) is 1. The fraction of sp³-hybridized carbons (Fsp3) is 0.259. The van der Waals surface area contributed by atoms with Gasteiger partial charge in [0.2, 0.25) is 5.91 Å². The lowest BCUT2D eigenvalue weighted by molar-refractivity contribution is -0.128.